The zero-order chi connectivity index (χ0) is 14.3. The minimum atomic E-state index is 0. The molecule has 0 fully saturated rings. The van der Waals surface area contributed by atoms with Crippen molar-refractivity contribution in [1.82, 2.24) is 15.5 Å². The summed E-state index contributed by atoms with van der Waals surface area (Å²) in [5, 5.41) is 6.44. The van der Waals surface area contributed by atoms with E-state index in [1.165, 1.54) is 38.6 Å². The van der Waals surface area contributed by atoms with Crippen molar-refractivity contribution in [3.05, 3.63) is 12.7 Å². The Bertz CT molecular complexity index is 242. The molecular formula is C15H33IN4. The van der Waals surface area contributed by atoms with Gasteiger partial charge in [0.1, 0.15) is 0 Å². The number of nitrogens with zero attached hydrogens (tertiary/aromatic N) is 2. The van der Waals surface area contributed by atoms with Gasteiger partial charge in [-0.2, -0.15) is 0 Å². The summed E-state index contributed by atoms with van der Waals surface area (Å²) in [6.07, 6.45) is 8.25. The molecule has 120 valence electrons. The summed E-state index contributed by atoms with van der Waals surface area (Å²) >= 11 is 0. The summed E-state index contributed by atoms with van der Waals surface area (Å²) in [5.74, 6) is 0.898. The number of nitrogens with one attached hydrogen (secondary N) is 2. The quantitative estimate of drug-likeness (QED) is 0.186. The normalized spacial score (nSPS) is 11.1. The van der Waals surface area contributed by atoms with Gasteiger partial charge < -0.3 is 15.5 Å². The van der Waals surface area contributed by atoms with Gasteiger partial charge in [-0.1, -0.05) is 25.3 Å². The molecule has 0 bridgehead atoms. The number of unbranched alkanes of at least 4 members (excludes halogenated alkanes) is 4. The lowest BCUT2D eigenvalue weighted by Gasteiger charge is -2.09. The molecule has 0 aliphatic carbocycles. The molecule has 0 spiro atoms. The van der Waals surface area contributed by atoms with Crippen molar-refractivity contribution in [1.29, 1.82) is 0 Å². The maximum absolute atomic E-state index is 4.54. The molecule has 5 heteroatoms. The van der Waals surface area contributed by atoms with Crippen LogP contribution in [0.25, 0.3) is 0 Å². The molecule has 20 heavy (non-hydrogen) atoms. The van der Waals surface area contributed by atoms with Crippen LogP contribution >= 0.6 is 24.0 Å². The Morgan fingerprint density at radius 1 is 1.10 bits per heavy atom. The Morgan fingerprint density at radius 3 is 2.35 bits per heavy atom. The van der Waals surface area contributed by atoms with Gasteiger partial charge in [0.25, 0.3) is 0 Å². The first kappa shape index (κ1) is 22.0. The highest BCUT2D eigenvalue weighted by molar-refractivity contribution is 14.0. The van der Waals surface area contributed by atoms with Crippen molar-refractivity contribution in [2.75, 3.05) is 40.3 Å². The molecule has 0 radical (unpaired) electrons. The first-order chi connectivity index (χ1) is 9.20. The number of guanidine groups is 1. The van der Waals surface area contributed by atoms with Crippen LogP contribution in [-0.4, -0.2) is 51.1 Å². The molecule has 2 N–H and O–H groups in total. The highest BCUT2D eigenvalue weighted by Crippen LogP contribution is 2.03. The smallest absolute Gasteiger partial charge is 0.191 e. The number of rotatable bonds is 11. The summed E-state index contributed by atoms with van der Waals surface area (Å²) in [5.41, 5.74) is 0. The minimum Gasteiger partial charge on any atom is -0.357 e. The molecule has 0 atom stereocenters. The molecule has 0 heterocycles. The predicted molar refractivity (Wildman–Crippen MR) is 101 cm³/mol. The maximum Gasteiger partial charge on any atom is 0.191 e. The highest BCUT2D eigenvalue weighted by atomic mass is 127. The summed E-state index contributed by atoms with van der Waals surface area (Å²) in [6.45, 7) is 9.54. The molecular weight excluding hydrogens is 363 g/mol. The van der Waals surface area contributed by atoms with Crippen LogP contribution in [0.4, 0.5) is 0 Å². The Labute approximate surface area is 142 Å². The molecule has 0 aromatic carbocycles. The predicted octanol–water partition coefficient (Wildman–Crippen LogP) is 2.86. The van der Waals surface area contributed by atoms with E-state index in [9.17, 15) is 0 Å². The first-order valence-electron chi connectivity index (χ1n) is 7.48. The van der Waals surface area contributed by atoms with E-state index in [2.05, 4.69) is 48.1 Å². The molecule has 0 unspecified atom stereocenters. The number of aliphatic imine (C=N–C) groups is 1. The van der Waals surface area contributed by atoms with Crippen molar-refractivity contribution in [3.63, 3.8) is 0 Å². The van der Waals surface area contributed by atoms with Crippen molar-refractivity contribution in [2.24, 2.45) is 4.99 Å². The Kier molecular flexibility index (Phi) is 18.4. The second-order valence-corrected chi connectivity index (χ2v) is 5.00. The van der Waals surface area contributed by atoms with Crippen molar-refractivity contribution in [2.45, 2.75) is 39.0 Å². The maximum atomic E-state index is 4.54. The fourth-order valence-electron chi connectivity index (χ4n) is 1.77. The summed E-state index contributed by atoms with van der Waals surface area (Å²) < 4.78 is 0. The van der Waals surface area contributed by atoms with E-state index in [1.807, 2.05) is 6.08 Å². The number of hydrogen-bond donors (Lipinski definition) is 2. The van der Waals surface area contributed by atoms with Gasteiger partial charge in [-0.25, -0.2) is 0 Å². The monoisotopic (exact) mass is 396 g/mol. The van der Waals surface area contributed by atoms with Crippen LogP contribution in [0, 0.1) is 0 Å². The van der Waals surface area contributed by atoms with Gasteiger partial charge in [-0.15, -0.1) is 30.6 Å². The average molecular weight is 396 g/mol. The lowest BCUT2D eigenvalue weighted by molar-refractivity contribution is 0.390. The van der Waals surface area contributed by atoms with Crippen LogP contribution < -0.4 is 10.6 Å². The molecule has 0 amide bonds. The summed E-state index contributed by atoms with van der Waals surface area (Å²) in [7, 11) is 4.26. The van der Waals surface area contributed by atoms with E-state index in [-0.39, 0.29) is 24.0 Å². The zero-order valence-electron chi connectivity index (χ0n) is 13.5. The fourth-order valence-corrected chi connectivity index (χ4v) is 1.77. The van der Waals surface area contributed by atoms with Crippen LogP contribution in [0.2, 0.25) is 0 Å². The third-order valence-electron chi connectivity index (χ3n) is 2.79. The first-order valence-corrected chi connectivity index (χ1v) is 7.48. The number of halogens is 1. The zero-order valence-corrected chi connectivity index (χ0v) is 15.8. The van der Waals surface area contributed by atoms with Gasteiger partial charge in [0, 0.05) is 19.6 Å². The topological polar surface area (TPSA) is 39.7 Å². The summed E-state index contributed by atoms with van der Waals surface area (Å²) in [6, 6.07) is 0. The molecule has 0 aromatic rings. The lowest BCUT2D eigenvalue weighted by atomic mass is 10.1. The van der Waals surface area contributed by atoms with Crippen LogP contribution in [0.3, 0.4) is 0 Å². The molecule has 0 saturated heterocycles. The molecule has 4 nitrogen and oxygen atoms in total. The highest BCUT2D eigenvalue weighted by Gasteiger charge is 1.95. The van der Waals surface area contributed by atoms with Crippen LogP contribution in [-0.2, 0) is 0 Å². The van der Waals surface area contributed by atoms with E-state index in [0.717, 1.165) is 25.6 Å². The number of hydrogen-bond acceptors (Lipinski definition) is 2. The minimum absolute atomic E-state index is 0. The summed E-state index contributed by atoms with van der Waals surface area (Å²) in [4.78, 5) is 6.78. The van der Waals surface area contributed by atoms with Crippen LogP contribution in [0.15, 0.2) is 17.6 Å². The van der Waals surface area contributed by atoms with Crippen molar-refractivity contribution in [3.8, 4) is 0 Å². The lowest BCUT2D eigenvalue weighted by Crippen LogP contribution is -2.37. The Morgan fingerprint density at radius 2 is 1.75 bits per heavy atom. The third-order valence-corrected chi connectivity index (χ3v) is 2.79. The fraction of sp³-hybridized carbons (Fsp3) is 0.800. The van der Waals surface area contributed by atoms with Gasteiger partial charge in [-0.3, -0.25) is 4.99 Å². The SMILES string of the molecule is C=CCNC(=NCCCCCCCN(C)C)NCC.I. The molecule has 0 aliphatic rings. The Balaban J connectivity index is 0. The molecule has 0 rings (SSSR count). The van der Waals surface area contributed by atoms with E-state index in [1.54, 1.807) is 0 Å². The van der Waals surface area contributed by atoms with Gasteiger partial charge in [0.15, 0.2) is 5.96 Å². The average Bonchev–Trinajstić information content (AvgIpc) is 2.38. The van der Waals surface area contributed by atoms with Crippen molar-refractivity contribution < 1.29 is 0 Å². The molecule has 0 aromatic heterocycles. The third kappa shape index (κ3) is 15.8. The molecule has 0 saturated carbocycles. The van der Waals surface area contributed by atoms with E-state index < -0.39 is 0 Å². The van der Waals surface area contributed by atoms with Crippen LogP contribution in [0.1, 0.15) is 39.0 Å². The second-order valence-electron chi connectivity index (χ2n) is 5.00. The largest absolute Gasteiger partial charge is 0.357 e. The van der Waals surface area contributed by atoms with Gasteiger partial charge >= 0.3 is 0 Å². The van der Waals surface area contributed by atoms with Crippen molar-refractivity contribution >= 4 is 29.9 Å². The van der Waals surface area contributed by atoms with Gasteiger partial charge in [-0.05, 0) is 40.4 Å². The second kappa shape index (κ2) is 16.8. The standard InChI is InChI=1S/C15H32N4.HI/c1-5-12-17-15(16-6-2)18-13-10-8-7-9-11-14-19(3)4;/h5H,1,6-14H2,2-4H3,(H2,16,17,18);1H. The van der Waals surface area contributed by atoms with Gasteiger partial charge in [0.05, 0.1) is 0 Å². The van der Waals surface area contributed by atoms with E-state index in [4.69, 9.17) is 0 Å². The van der Waals surface area contributed by atoms with Crippen LogP contribution in [0.5, 0.6) is 0 Å². The Hall–Kier alpha value is -0.300. The van der Waals surface area contributed by atoms with Gasteiger partial charge in [0.2, 0.25) is 0 Å². The molecule has 0 aliphatic heterocycles. The van der Waals surface area contributed by atoms with E-state index in [0.29, 0.717) is 0 Å². The van der Waals surface area contributed by atoms with E-state index >= 15 is 0 Å².